The van der Waals surface area contributed by atoms with Crippen molar-refractivity contribution in [3.63, 3.8) is 0 Å². The van der Waals surface area contributed by atoms with E-state index in [1.807, 2.05) is 36.6 Å². The largest absolute Gasteiger partial charge is 0.484 e. The molecule has 1 amide bonds. The van der Waals surface area contributed by atoms with Gasteiger partial charge in [-0.25, -0.2) is 4.98 Å². The van der Waals surface area contributed by atoms with E-state index in [1.165, 1.54) is 23.1 Å². The van der Waals surface area contributed by atoms with E-state index >= 15 is 0 Å². The zero-order chi connectivity index (χ0) is 21.8. The number of anilines is 1. The molecule has 0 spiro atoms. The van der Waals surface area contributed by atoms with Crippen LogP contribution in [0, 0.1) is 6.92 Å². The topological polar surface area (TPSA) is 72.7 Å². The number of ether oxygens (including phenoxy) is 1. The Hall–Kier alpha value is -2.81. The minimum Gasteiger partial charge on any atom is -0.484 e. The van der Waals surface area contributed by atoms with Crippen molar-refractivity contribution < 1.29 is 9.53 Å². The van der Waals surface area contributed by atoms with Crippen molar-refractivity contribution >= 4 is 51.3 Å². The van der Waals surface area contributed by atoms with Gasteiger partial charge in [0.1, 0.15) is 5.75 Å². The molecular weight excluding hydrogens is 454 g/mol. The molecule has 0 atom stereocenters. The van der Waals surface area contributed by atoms with Gasteiger partial charge in [0.25, 0.3) is 11.5 Å². The number of aromatic nitrogens is 2. The second-order valence-corrected chi connectivity index (χ2v) is 8.95. The van der Waals surface area contributed by atoms with Gasteiger partial charge in [-0.05, 0) is 43.3 Å². The second-order valence-electron chi connectivity index (χ2n) is 6.66. The normalized spacial score (nSPS) is 10.9. The van der Waals surface area contributed by atoms with Gasteiger partial charge in [-0.1, -0.05) is 23.7 Å². The van der Waals surface area contributed by atoms with E-state index in [9.17, 15) is 9.59 Å². The Labute approximate surface area is 191 Å². The van der Waals surface area contributed by atoms with Crippen LogP contribution < -0.4 is 15.6 Å². The average molecular weight is 472 g/mol. The summed E-state index contributed by atoms with van der Waals surface area (Å²) in [7, 11) is 0. The molecule has 1 N–H and O–H groups in total. The van der Waals surface area contributed by atoms with Crippen molar-refractivity contribution in [3.05, 3.63) is 86.7 Å². The number of halogens is 1. The van der Waals surface area contributed by atoms with Gasteiger partial charge in [-0.2, -0.15) is 0 Å². The first-order valence-electron chi connectivity index (χ1n) is 9.36. The SMILES string of the molecule is Cc1csc2nc(CSc3ccccc3NC(=O)COc3ccc(Cl)cc3)cc(=O)n12. The lowest BCUT2D eigenvalue weighted by Gasteiger charge is -2.11. The first kappa shape index (κ1) is 21.4. The molecule has 31 heavy (non-hydrogen) atoms. The van der Waals surface area contributed by atoms with Gasteiger partial charge in [0.2, 0.25) is 0 Å². The third kappa shape index (κ3) is 5.28. The van der Waals surface area contributed by atoms with Crippen molar-refractivity contribution in [2.75, 3.05) is 11.9 Å². The average Bonchev–Trinajstić information content (AvgIpc) is 3.14. The zero-order valence-corrected chi connectivity index (χ0v) is 18.9. The summed E-state index contributed by atoms with van der Waals surface area (Å²) in [6, 6.07) is 15.9. The van der Waals surface area contributed by atoms with E-state index in [-0.39, 0.29) is 18.1 Å². The summed E-state index contributed by atoms with van der Waals surface area (Å²) in [5.41, 5.74) is 2.18. The third-order valence-electron chi connectivity index (χ3n) is 4.35. The van der Waals surface area contributed by atoms with E-state index in [0.717, 1.165) is 10.6 Å². The van der Waals surface area contributed by atoms with Gasteiger partial charge in [0.15, 0.2) is 11.6 Å². The van der Waals surface area contributed by atoms with E-state index in [2.05, 4.69) is 10.3 Å². The number of thiazole rings is 1. The smallest absolute Gasteiger partial charge is 0.262 e. The molecule has 2 aromatic heterocycles. The third-order valence-corrected chi connectivity index (χ3v) is 6.65. The van der Waals surface area contributed by atoms with Crippen LogP contribution >= 0.6 is 34.7 Å². The minimum absolute atomic E-state index is 0.0831. The number of benzene rings is 2. The fourth-order valence-corrected chi connectivity index (χ4v) is 4.81. The van der Waals surface area contributed by atoms with Crippen LogP contribution in [0.3, 0.4) is 0 Å². The monoisotopic (exact) mass is 471 g/mol. The number of hydrogen-bond donors (Lipinski definition) is 1. The molecule has 0 aliphatic carbocycles. The van der Waals surface area contributed by atoms with E-state index in [0.29, 0.717) is 32.9 Å². The first-order valence-corrected chi connectivity index (χ1v) is 11.6. The maximum atomic E-state index is 12.4. The molecule has 2 heterocycles. The van der Waals surface area contributed by atoms with Crippen LogP contribution in [-0.4, -0.2) is 21.9 Å². The maximum absolute atomic E-state index is 12.4. The van der Waals surface area contributed by atoms with Crippen LogP contribution in [0.15, 0.2) is 69.7 Å². The molecule has 4 aromatic rings. The summed E-state index contributed by atoms with van der Waals surface area (Å²) in [6.07, 6.45) is 0. The number of amides is 1. The Morgan fingerprint density at radius 2 is 2.00 bits per heavy atom. The molecule has 0 unspecified atom stereocenters. The Morgan fingerprint density at radius 1 is 1.23 bits per heavy atom. The predicted molar refractivity (Wildman–Crippen MR) is 126 cm³/mol. The van der Waals surface area contributed by atoms with Crippen LogP contribution in [0.4, 0.5) is 5.69 Å². The highest BCUT2D eigenvalue weighted by Gasteiger charge is 2.11. The number of fused-ring (bicyclic) bond motifs is 1. The number of aryl methyl sites for hydroxylation is 1. The van der Waals surface area contributed by atoms with Crippen LogP contribution in [-0.2, 0) is 10.5 Å². The summed E-state index contributed by atoms with van der Waals surface area (Å²) in [5.74, 6) is 0.810. The van der Waals surface area contributed by atoms with Crippen molar-refractivity contribution in [1.29, 1.82) is 0 Å². The summed E-state index contributed by atoms with van der Waals surface area (Å²) < 4.78 is 7.10. The number of thioether (sulfide) groups is 1. The fourth-order valence-electron chi connectivity index (χ4n) is 2.89. The summed E-state index contributed by atoms with van der Waals surface area (Å²) in [6.45, 7) is 1.77. The number of hydrogen-bond acceptors (Lipinski definition) is 6. The van der Waals surface area contributed by atoms with E-state index < -0.39 is 0 Å². The lowest BCUT2D eigenvalue weighted by atomic mass is 10.3. The molecule has 158 valence electrons. The lowest BCUT2D eigenvalue weighted by Crippen LogP contribution is -2.20. The Morgan fingerprint density at radius 3 is 2.81 bits per heavy atom. The summed E-state index contributed by atoms with van der Waals surface area (Å²) in [4.78, 5) is 30.8. The van der Waals surface area contributed by atoms with Crippen molar-refractivity contribution in [3.8, 4) is 5.75 Å². The van der Waals surface area contributed by atoms with Crippen LogP contribution in [0.2, 0.25) is 5.02 Å². The molecule has 4 rings (SSSR count). The molecular formula is C22H18ClN3O3S2. The molecule has 2 aromatic carbocycles. The van der Waals surface area contributed by atoms with Crippen LogP contribution in [0.1, 0.15) is 11.4 Å². The van der Waals surface area contributed by atoms with E-state index in [1.54, 1.807) is 34.7 Å². The number of rotatable bonds is 7. The maximum Gasteiger partial charge on any atom is 0.262 e. The fraction of sp³-hybridized carbons (Fsp3) is 0.136. The lowest BCUT2D eigenvalue weighted by molar-refractivity contribution is -0.118. The molecule has 0 saturated heterocycles. The van der Waals surface area contributed by atoms with Gasteiger partial charge in [0.05, 0.1) is 11.4 Å². The van der Waals surface area contributed by atoms with Gasteiger partial charge in [0, 0.05) is 32.8 Å². The van der Waals surface area contributed by atoms with Crippen molar-refractivity contribution in [2.24, 2.45) is 0 Å². The van der Waals surface area contributed by atoms with Crippen LogP contribution in [0.5, 0.6) is 5.75 Å². The van der Waals surface area contributed by atoms with Gasteiger partial charge in [-0.15, -0.1) is 23.1 Å². The number of nitrogens with zero attached hydrogens (tertiary/aromatic N) is 2. The highest BCUT2D eigenvalue weighted by molar-refractivity contribution is 7.98. The predicted octanol–water partition coefficient (Wildman–Crippen LogP) is 5.03. The molecule has 0 saturated carbocycles. The number of para-hydroxylation sites is 1. The quantitative estimate of drug-likeness (QED) is 0.383. The van der Waals surface area contributed by atoms with E-state index in [4.69, 9.17) is 16.3 Å². The first-order chi connectivity index (χ1) is 15.0. The number of carbonyl (C=O) groups excluding carboxylic acids is 1. The summed E-state index contributed by atoms with van der Waals surface area (Å²) >= 11 is 8.80. The summed E-state index contributed by atoms with van der Waals surface area (Å²) in [5, 5.41) is 5.40. The Kier molecular flexibility index (Phi) is 6.60. The van der Waals surface area contributed by atoms with Gasteiger partial charge < -0.3 is 10.1 Å². The second kappa shape index (κ2) is 9.55. The number of nitrogens with one attached hydrogen (secondary N) is 1. The van der Waals surface area contributed by atoms with Gasteiger partial charge >= 0.3 is 0 Å². The highest BCUT2D eigenvalue weighted by atomic mass is 35.5. The van der Waals surface area contributed by atoms with Crippen molar-refractivity contribution in [2.45, 2.75) is 17.6 Å². The van der Waals surface area contributed by atoms with Gasteiger partial charge in [-0.3, -0.25) is 14.0 Å². The zero-order valence-electron chi connectivity index (χ0n) is 16.5. The molecule has 0 aliphatic heterocycles. The standard InChI is InChI=1S/C22H18ClN3O3S2/c1-14-12-31-22-24-16(10-21(28)26(14)22)13-30-19-5-3-2-4-18(19)25-20(27)11-29-17-8-6-15(23)7-9-17/h2-10,12H,11,13H2,1H3,(H,25,27). The Balaban J connectivity index is 1.40. The highest BCUT2D eigenvalue weighted by Crippen LogP contribution is 2.29. The van der Waals surface area contributed by atoms with Crippen molar-refractivity contribution in [1.82, 2.24) is 9.38 Å². The minimum atomic E-state index is -0.269. The van der Waals surface area contributed by atoms with Crippen LogP contribution in [0.25, 0.3) is 4.96 Å². The molecule has 0 aliphatic rings. The molecule has 9 heteroatoms. The molecule has 6 nitrogen and oxygen atoms in total. The molecule has 0 fully saturated rings. The Bertz CT molecular complexity index is 1290. The molecule has 0 bridgehead atoms. The number of carbonyl (C=O) groups is 1. The molecule has 0 radical (unpaired) electrons.